The molecule has 148 valence electrons. The first-order chi connectivity index (χ1) is 12.1. The van der Waals surface area contributed by atoms with Crippen LogP contribution in [0.15, 0.2) is 0 Å². The molecule has 0 amide bonds. The number of carbonyl (C=O) groups is 5. The minimum Gasteiger partial charge on any atom is -0.480 e. The quantitative estimate of drug-likeness (QED) is 0.255. The van der Waals surface area contributed by atoms with Crippen molar-refractivity contribution in [2.24, 2.45) is 0 Å². The van der Waals surface area contributed by atoms with Gasteiger partial charge in [0.1, 0.15) is 12.1 Å². The molecule has 0 fully saturated rings. The van der Waals surface area contributed by atoms with E-state index in [9.17, 15) is 24.0 Å². The van der Waals surface area contributed by atoms with E-state index in [2.05, 4.69) is 0 Å². The van der Waals surface area contributed by atoms with Crippen molar-refractivity contribution in [3.05, 3.63) is 0 Å². The molecule has 0 atom stereocenters. The molecule has 0 aliphatic heterocycles. The van der Waals surface area contributed by atoms with Crippen LogP contribution in [0.4, 0.5) is 0 Å². The second-order valence-corrected chi connectivity index (χ2v) is 5.77. The molecule has 0 aliphatic rings. The van der Waals surface area contributed by atoms with Gasteiger partial charge in [-0.3, -0.25) is 33.9 Å². The predicted octanol–water partition coefficient (Wildman–Crippen LogP) is -2.07. The molecule has 0 aromatic rings. The Morgan fingerprint density at radius 2 is 1.08 bits per heavy atom. The number of carboxylic acids is 3. The molecular weight excluding hydrogens is 350 g/mol. The van der Waals surface area contributed by atoms with E-state index in [0.717, 1.165) is 0 Å². The molecular formula is C15H25N3O8. The van der Waals surface area contributed by atoms with Gasteiger partial charge in [-0.2, -0.15) is 0 Å². The van der Waals surface area contributed by atoms with Crippen LogP contribution in [0.25, 0.3) is 0 Å². The first-order valence-electron chi connectivity index (χ1n) is 7.89. The van der Waals surface area contributed by atoms with Gasteiger partial charge in [0.25, 0.3) is 0 Å². The van der Waals surface area contributed by atoms with Crippen molar-refractivity contribution in [2.45, 2.75) is 6.92 Å². The molecule has 3 N–H and O–H groups in total. The number of aliphatic carboxylic acids is 3. The first-order valence-corrected chi connectivity index (χ1v) is 7.89. The summed E-state index contributed by atoms with van der Waals surface area (Å²) in [7, 11) is 0. The SMILES string of the molecule is CC(=O)CN(CCN(CC=O)CC(=O)O)CCN(CC(=O)O)CC(=O)O. The lowest BCUT2D eigenvalue weighted by Crippen LogP contribution is -2.44. The highest BCUT2D eigenvalue weighted by Crippen LogP contribution is 1.97. The molecule has 0 heterocycles. The third-order valence-electron chi connectivity index (χ3n) is 3.32. The summed E-state index contributed by atoms with van der Waals surface area (Å²) in [5.41, 5.74) is 0. The van der Waals surface area contributed by atoms with Crippen LogP contribution in [0.1, 0.15) is 6.92 Å². The molecule has 0 unspecified atom stereocenters. The maximum absolute atomic E-state index is 11.4. The molecule has 0 saturated carbocycles. The van der Waals surface area contributed by atoms with Crippen LogP contribution in [0.3, 0.4) is 0 Å². The van der Waals surface area contributed by atoms with E-state index in [1.165, 1.54) is 16.7 Å². The Hall–Kier alpha value is -2.37. The lowest BCUT2D eigenvalue weighted by Gasteiger charge is -2.27. The number of carboxylic acid groups (broad SMARTS) is 3. The Labute approximate surface area is 150 Å². The summed E-state index contributed by atoms with van der Waals surface area (Å²) in [6.07, 6.45) is 0.583. The highest BCUT2D eigenvalue weighted by molar-refractivity contribution is 5.77. The van der Waals surface area contributed by atoms with E-state index in [1.807, 2.05) is 0 Å². The van der Waals surface area contributed by atoms with Crippen molar-refractivity contribution in [1.29, 1.82) is 0 Å². The molecule has 11 heteroatoms. The maximum atomic E-state index is 11.4. The molecule has 0 aliphatic carbocycles. The van der Waals surface area contributed by atoms with Crippen molar-refractivity contribution in [1.82, 2.24) is 14.7 Å². The number of rotatable bonds is 16. The standard InChI is InChI=1S/C15H25N3O8/c1-12(20)8-16(2-3-17(6-7-19)9-13(21)22)4-5-18(10-14(23)24)11-15(25)26/h7H,2-6,8-11H2,1H3,(H,21,22)(H,23,24)(H,25,26). The van der Waals surface area contributed by atoms with Crippen molar-refractivity contribution < 1.29 is 39.3 Å². The van der Waals surface area contributed by atoms with Gasteiger partial charge in [-0.05, 0) is 6.92 Å². The lowest BCUT2D eigenvalue weighted by molar-refractivity contribution is -0.142. The zero-order chi connectivity index (χ0) is 20.1. The molecule has 0 rings (SSSR count). The van der Waals surface area contributed by atoms with E-state index < -0.39 is 31.0 Å². The molecule has 0 spiro atoms. The van der Waals surface area contributed by atoms with Gasteiger partial charge < -0.3 is 20.1 Å². The van der Waals surface area contributed by atoms with Gasteiger partial charge >= 0.3 is 17.9 Å². The van der Waals surface area contributed by atoms with Crippen LogP contribution < -0.4 is 0 Å². The number of ketones is 1. The summed E-state index contributed by atoms with van der Waals surface area (Å²) in [6.45, 7) is 0.968. The summed E-state index contributed by atoms with van der Waals surface area (Å²) < 4.78 is 0. The monoisotopic (exact) mass is 375 g/mol. The summed E-state index contributed by atoms with van der Waals surface area (Å²) in [6, 6.07) is 0. The van der Waals surface area contributed by atoms with Crippen molar-refractivity contribution >= 4 is 30.0 Å². The number of nitrogens with zero attached hydrogens (tertiary/aromatic N) is 3. The van der Waals surface area contributed by atoms with E-state index in [0.29, 0.717) is 6.29 Å². The third-order valence-corrected chi connectivity index (χ3v) is 3.32. The molecule has 0 bridgehead atoms. The summed E-state index contributed by atoms with van der Waals surface area (Å²) in [5.74, 6) is -3.56. The molecule has 0 aromatic heterocycles. The van der Waals surface area contributed by atoms with Gasteiger partial charge in [0.15, 0.2) is 0 Å². The van der Waals surface area contributed by atoms with E-state index in [-0.39, 0.29) is 51.6 Å². The van der Waals surface area contributed by atoms with Crippen molar-refractivity contribution in [3.8, 4) is 0 Å². The number of Topliss-reactive ketones (excluding diaryl/α,β-unsaturated/α-hetero) is 1. The second-order valence-electron chi connectivity index (χ2n) is 5.77. The third kappa shape index (κ3) is 13.0. The molecule has 11 nitrogen and oxygen atoms in total. The molecule has 0 saturated heterocycles. The zero-order valence-electron chi connectivity index (χ0n) is 14.7. The zero-order valence-corrected chi connectivity index (χ0v) is 14.7. The van der Waals surface area contributed by atoms with Crippen LogP contribution in [0, 0.1) is 0 Å². The summed E-state index contributed by atoms with van der Waals surface area (Å²) in [4.78, 5) is 58.7. The normalized spacial score (nSPS) is 11.1. The Morgan fingerprint density at radius 3 is 1.46 bits per heavy atom. The molecule has 0 aromatic carbocycles. The van der Waals surface area contributed by atoms with Crippen LogP contribution in [0.2, 0.25) is 0 Å². The Morgan fingerprint density at radius 1 is 0.692 bits per heavy atom. The Balaban J connectivity index is 4.76. The van der Waals surface area contributed by atoms with Crippen LogP contribution in [-0.4, -0.2) is 119 Å². The number of carbonyl (C=O) groups excluding carboxylic acids is 2. The fraction of sp³-hybridized carbons (Fsp3) is 0.667. The largest absolute Gasteiger partial charge is 0.480 e. The minimum absolute atomic E-state index is 0.0516. The average Bonchev–Trinajstić information content (AvgIpc) is 2.47. The minimum atomic E-state index is -1.16. The average molecular weight is 375 g/mol. The molecule has 0 radical (unpaired) electrons. The van der Waals surface area contributed by atoms with Gasteiger partial charge in [0.05, 0.1) is 32.7 Å². The lowest BCUT2D eigenvalue weighted by atomic mass is 10.3. The predicted molar refractivity (Wildman–Crippen MR) is 89.0 cm³/mol. The maximum Gasteiger partial charge on any atom is 0.317 e. The van der Waals surface area contributed by atoms with E-state index in [4.69, 9.17) is 15.3 Å². The van der Waals surface area contributed by atoms with Crippen LogP contribution in [0.5, 0.6) is 0 Å². The second kappa shape index (κ2) is 12.9. The van der Waals surface area contributed by atoms with Gasteiger partial charge in [0, 0.05) is 26.2 Å². The van der Waals surface area contributed by atoms with Crippen molar-refractivity contribution in [2.75, 3.05) is 58.9 Å². The Bertz CT molecular complexity index is 495. The number of hydrogen-bond donors (Lipinski definition) is 3. The topological polar surface area (TPSA) is 156 Å². The van der Waals surface area contributed by atoms with Crippen molar-refractivity contribution in [3.63, 3.8) is 0 Å². The first kappa shape index (κ1) is 23.6. The smallest absolute Gasteiger partial charge is 0.317 e. The highest BCUT2D eigenvalue weighted by Gasteiger charge is 2.17. The Kier molecular flexibility index (Phi) is 11.7. The van der Waals surface area contributed by atoms with E-state index >= 15 is 0 Å². The summed E-state index contributed by atoms with van der Waals surface area (Å²) in [5, 5.41) is 26.5. The van der Waals surface area contributed by atoms with Crippen LogP contribution in [-0.2, 0) is 24.0 Å². The highest BCUT2D eigenvalue weighted by atomic mass is 16.4. The van der Waals surface area contributed by atoms with Gasteiger partial charge in [-0.15, -0.1) is 0 Å². The van der Waals surface area contributed by atoms with Gasteiger partial charge in [-0.25, -0.2) is 0 Å². The van der Waals surface area contributed by atoms with Gasteiger partial charge in [0.2, 0.25) is 0 Å². The summed E-state index contributed by atoms with van der Waals surface area (Å²) >= 11 is 0. The van der Waals surface area contributed by atoms with E-state index in [1.54, 1.807) is 4.90 Å². The number of hydrogen-bond acceptors (Lipinski definition) is 8. The number of aldehydes is 1. The molecule has 26 heavy (non-hydrogen) atoms. The van der Waals surface area contributed by atoms with Gasteiger partial charge in [-0.1, -0.05) is 0 Å². The van der Waals surface area contributed by atoms with Crippen LogP contribution >= 0.6 is 0 Å². The fourth-order valence-corrected chi connectivity index (χ4v) is 2.28. The fourth-order valence-electron chi connectivity index (χ4n) is 2.28.